The molecular formula is C24H22N6O. The van der Waals surface area contributed by atoms with Gasteiger partial charge < -0.3 is 10.6 Å². The number of tetrazole rings is 1. The molecule has 1 aromatic heterocycles. The molecule has 1 aliphatic heterocycles. The summed E-state index contributed by atoms with van der Waals surface area (Å²) in [6, 6.07) is 23.6. The van der Waals surface area contributed by atoms with Crippen molar-refractivity contribution >= 4 is 22.6 Å². The Balaban J connectivity index is 1.60. The quantitative estimate of drug-likeness (QED) is 0.531. The highest BCUT2D eigenvalue weighted by Gasteiger charge is 2.35. The molecule has 0 saturated carbocycles. The molecule has 3 aromatic carbocycles. The Morgan fingerprint density at radius 3 is 2.61 bits per heavy atom. The van der Waals surface area contributed by atoms with E-state index in [4.69, 9.17) is 0 Å². The van der Waals surface area contributed by atoms with Crippen LogP contribution in [0.15, 0.2) is 84.1 Å². The Morgan fingerprint density at radius 1 is 1.03 bits per heavy atom. The van der Waals surface area contributed by atoms with Crippen molar-refractivity contribution in [2.45, 2.75) is 25.9 Å². The van der Waals surface area contributed by atoms with E-state index in [1.165, 1.54) is 0 Å². The summed E-state index contributed by atoms with van der Waals surface area (Å²) < 4.78 is 1.68. The lowest BCUT2D eigenvalue weighted by atomic mass is 9.91. The van der Waals surface area contributed by atoms with Crippen molar-refractivity contribution in [2.75, 3.05) is 5.32 Å². The minimum absolute atomic E-state index is 0.141. The van der Waals surface area contributed by atoms with Crippen LogP contribution in [0, 0.1) is 0 Å². The second-order valence-electron chi connectivity index (χ2n) is 7.69. The minimum atomic E-state index is -0.444. The van der Waals surface area contributed by atoms with Crippen LogP contribution >= 0.6 is 0 Å². The molecule has 7 nitrogen and oxygen atoms in total. The summed E-state index contributed by atoms with van der Waals surface area (Å²) >= 11 is 0. The van der Waals surface area contributed by atoms with E-state index in [-0.39, 0.29) is 11.9 Å². The summed E-state index contributed by atoms with van der Waals surface area (Å²) in [6.45, 7) is 3.87. The van der Waals surface area contributed by atoms with Gasteiger partial charge in [0, 0.05) is 5.70 Å². The predicted molar refractivity (Wildman–Crippen MR) is 119 cm³/mol. The molecule has 1 unspecified atom stereocenters. The summed E-state index contributed by atoms with van der Waals surface area (Å²) in [5.74, 6) is 0.364. The van der Waals surface area contributed by atoms with Gasteiger partial charge >= 0.3 is 0 Å². The number of nitrogens with one attached hydrogen (secondary N) is 2. The predicted octanol–water partition coefficient (Wildman–Crippen LogP) is 3.99. The van der Waals surface area contributed by atoms with E-state index in [9.17, 15) is 4.79 Å². The number of anilines is 1. The van der Waals surface area contributed by atoms with E-state index in [0.717, 1.165) is 27.6 Å². The third-order valence-corrected chi connectivity index (χ3v) is 5.72. The molecule has 0 fully saturated rings. The van der Waals surface area contributed by atoms with Gasteiger partial charge in [0.1, 0.15) is 6.04 Å². The third-order valence-electron chi connectivity index (χ3n) is 5.72. The van der Waals surface area contributed by atoms with Crippen LogP contribution < -0.4 is 10.6 Å². The highest BCUT2D eigenvalue weighted by molar-refractivity contribution is 5.98. The summed E-state index contributed by atoms with van der Waals surface area (Å²) in [7, 11) is 0. The first-order valence-corrected chi connectivity index (χ1v) is 10.2. The van der Waals surface area contributed by atoms with Crippen LogP contribution in [0.2, 0.25) is 0 Å². The summed E-state index contributed by atoms with van der Waals surface area (Å²) in [5.41, 5.74) is 3.35. The molecule has 5 rings (SSSR count). The third kappa shape index (κ3) is 3.34. The van der Waals surface area contributed by atoms with Gasteiger partial charge in [0.05, 0.1) is 11.6 Å². The molecule has 154 valence electrons. The summed E-state index contributed by atoms with van der Waals surface area (Å²) in [6.07, 6.45) is 0. The van der Waals surface area contributed by atoms with Crippen LogP contribution in [0.1, 0.15) is 37.1 Å². The summed E-state index contributed by atoms with van der Waals surface area (Å²) in [5, 5.41) is 20.6. The zero-order valence-corrected chi connectivity index (χ0v) is 17.3. The second-order valence-corrected chi connectivity index (χ2v) is 7.69. The molecule has 2 N–H and O–H groups in total. The lowest BCUT2D eigenvalue weighted by molar-refractivity contribution is -0.118. The number of amides is 1. The van der Waals surface area contributed by atoms with Crippen molar-refractivity contribution in [3.8, 4) is 0 Å². The minimum Gasteiger partial charge on any atom is -0.346 e. The maximum atomic E-state index is 13.6. The normalized spacial score (nSPS) is 16.5. The average molecular weight is 410 g/mol. The van der Waals surface area contributed by atoms with Gasteiger partial charge in [0.2, 0.25) is 5.95 Å². The first kappa shape index (κ1) is 19.0. The van der Waals surface area contributed by atoms with Crippen LogP contribution in [0.3, 0.4) is 0 Å². The Morgan fingerprint density at radius 2 is 1.77 bits per heavy atom. The number of nitrogens with zero attached hydrogens (tertiary/aromatic N) is 4. The molecule has 1 amide bonds. The molecule has 31 heavy (non-hydrogen) atoms. The zero-order valence-electron chi connectivity index (χ0n) is 17.3. The van der Waals surface area contributed by atoms with E-state index in [1.54, 1.807) is 4.68 Å². The van der Waals surface area contributed by atoms with Gasteiger partial charge in [-0.2, -0.15) is 4.68 Å². The maximum absolute atomic E-state index is 13.6. The lowest BCUT2D eigenvalue weighted by Crippen LogP contribution is -2.36. The summed E-state index contributed by atoms with van der Waals surface area (Å²) in [4.78, 5) is 13.6. The highest BCUT2D eigenvalue weighted by Crippen LogP contribution is 2.37. The highest BCUT2D eigenvalue weighted by atomic mass is 16.1. The SMILES string of the molecule is CC1=C(C(=O)NC(C)c2ccccc2)[C@H](c2cccc3ccccc23)n2nnnc2N1. The molecule has 0 radical (unpaired) electrons. The van der Waals surface area contributed by atoms with Crippen molar-refractivity contribution in [1.29, 1.82) is 0 Å². The molecule has 0 spiro atoms. The molecule has 4 aromatic rings. The Hall–Kier alpha value is -4.00. The fourth-order valence-corrected chi connectivity index (χ4v) is 4.18. The number of aromatic nitrogens is 4. The number of hydrogen-bond donors (Lipinski definition) is 2. The van der Waals surface area contributed by atoms with Crippen molar-refractivity contribution in [3.63, 3.8) is 0 Å². The van der Waals surface area contributed by atoms with Crippen molar-refractivity contribution < 1.29 is 4.79 Å². The van der Waals surface area contributed by atoms with Gasteiger partial charge in [-0.25, -0.2) is 0 Å². The van der Waals surface area contributed by atoms with Gasteiger partial charge in [-0.1, -0.05) is 77.9 Å². The maximum Gasteiger partial charge on any atom is 0.251 e. The molecular weight excluding hydrogens is 388 g/mol. The van der Waals surface area contributed by atoms with Crippen molar-refractivity contribution in [3.05, 3.63) is 95.2 Å². The molecule has 0 saturated heterocycles. The van der Waals surface area contributed by atoms with Crippen LogP contribution in [-0.2, 0) is 4.79 Å². The number of rotatable bonds is 4. The molecule has 0 aliphatic carbocycles. The first-order valence-electron chi connectivity index (χ1n) is 10.2. The monoisotopic (exact) mass is 410 g/mol. The zero-order chi connectivity index (χ0) is 21.4. The van der Waals surface area contributed by atoms with Crippen molar-refractivity contribution in [2.24, 2.45) is 0 Å². The standard InChI is InChI=1S/C24H22N6O/c1-15(17-9-4-3-5-10-17)25-23(31)21-16(2)26-24-27-28-29-30(24)22(21)20-14-8-12-18-11-6-7-13-19(18)20/h3-15,22H,1-2H3,(H,25,31)(H,26,27,29)/t15?,22-/m0/s1. The van der Waals surface area contributed by atoms with E-state index in [2.05, 4.69) is 44.4 Å². The number of carbonyl (C=O) groups is 1. The molecule has 7 heteroatoms. The fourth-order valence-electron chi connectivity index (χ4n) is 4.18. The topological polar surface area (TPSA) is 84.7 Å². The number of benzene rings is 3. The largest absolute Gasteiger partial charge is 0.346 e. The van der Waals surface area contributed by atoms with E-state index < -0.39 is 6.04 Å². The van der Waals surface area contributed by atoms with Crippen molar-refractivity contribution in [1.82, 2.24) is 25.5 Å². The van der Waals surface area contributed by atoms with Gasteiger partial charge in [-0.15, -0.1) is 0 Å². The second kappa shape index (κ2) is 7.68. The van der Waals surface area contributed by atoms with Crippen LogP contribution in [0.5, 0.6) is 0 Å². The molecule has 2 heterocycles. The van der Waals surface area contributed by atoms with E-state index in [1.807, 2.05) is 68.4 Å². The van der Waals surface area contributed by atoms with Crippen LogP contribution in [0.4, 0.5) is 5.95 Å². The van der Waals surface area contributed by atoms with E-state index >= 15 is 0 Å². The smallest absolute Gasteiger partial charge is 0.251 e. The average Bonchev–Trinajstić information content (AvgIpc) is 3.26. The van der Waals surface area contributed by atoms with Crippen LogP contribution in [-0.4, -0.2) is 26.1 Å². The Labute approximate surface area is 179 Å². The first-order chi connectivity index (χ1) is 15.1. The van der Waals surface area contributed by atoms with E-state index in [0.29, 0.717) is 11.5 Å². The van der Waals surface area contributed by atoms with Gasteiger partial charge in [0.15, 0.2) is 0 Å². The number of fused-ring (bicyclic) bond motifs is 2. The fraction of sp³-hybridized carbons (Fsp3) is 0.167. The number of hydrogen-bond acceptors (Lipinski definition) is 5. The molecule has 2 atom stereocenters. The Kier molecular flexibility index (Phi) is 4.71. The van der Waals surface area contributed by atoms with Gasteiger partial charge in [0.25, 0.3) is 5.91 Å². The van der Waals surface area contributed by atoms with Gasteiger partial charge in [-0.3, -0.25) is 4.79 Å². The Bertz CT molecular complexity index is 1290. The lowest BCUT2D eigenvalue weighted by Gasteiger charge is -2.29. The van der Waals surface area contributed by atoms with Crippen LogP contribution in [0.25, 0.3) is 10.8 Å². The van der Waals surface area contributed by atoms with Gasteiger partial charge in [-0.05, 0) is 46.2 Å². The molecule has 1 aliphatic rings. The number of allylic oxidation sites excluding steroid dienone is 1. The molecule has 0 bridgehead atoms. The number of carbonyl (C=O) groups excluding carboxylic acids is 1.